The van der Waals surface area contributed by atoms with Crippen molar-refractivity contribution < 1.29 is 26.3 Å². The van der Waals surface area contributed by atoms with Crippen molar-refractivity contribution >= 4 is 16.7 Å². The summed E-state index contributed by atoms with van der Waals surface area (Å²) in [7, 11) is 0. The molecule has 1 N–H and O–H groups in total. The standard InChI is InChI=1S/C23H16F6N4/c24-22(25,26)16-4-1-3-14(11-16)8-10-31-21-17-7-6-15(12-19(17)32-13-33-21)20-18(23(27,28)29)5-2-9-30-20/h1-7,9,11-13H,8,10H2,(H,31,32,33). The van der Waals surface area contributed by atoms with E-state index in [1.807, 2.05) is 0 Å². The minimum Gasteiger partial charge on any atom is -0.369 e. The minimum atomic E-state index is -4.56. The first-order valence-electron chi connectivity index (χ1n) is 9.80. The van der Waals surface area contributed by atoms with E-state index in [0.29, 0.717) is 35.2 Å². The van der Waals surface area contributed by atoms with Crippen LogP contribution in [0, 0.1) is 0 Å². The molecule has 0 unspecified atom stereocenters. The largest absolute Gasteiger partial charge is 0.418 e. The highest BCUT2D eigenvalue weighted by Crippen LogP contribution is 2.36. The first-order valence-corrected chi connectivity index (χ1v) is 9.80. The molecule has 0 aliphatic carbocycles. The predicted molar refractivity (Wildman–Crippen MR) is 111 cm³/mol. The molecule has 10 heteroatoms. The zero-order chi connectivity index (χ0) is 23.6. The van der Waals surface area contributed by atoms with E-state index < -0.39 is 23.5 Å². The summed E-state index contributed by atoms with van der Waals surface area (Å²) >= 11 is 0. The summed E-state index contributed by atoms with van der Waals surface area (Å²) in [5.41, 5.74) is -0.602. The Morgan fingerprint density at radius 3 is 2.36 bits per heavy atom. The zero-order valence-electron chi connectivity index (χ0n) is 16.9. The van der Waals surface area contributed by atoms with Crippen LogP contribution in [-0.4, -0.2) is 21.5 Å². The van der Waals surface area contributed by atoms with E-state index in [2.05, 4.69) is 20.3 Å². The third-order valence-electron chi connectivity index (χ3n) is 4.98. The number of nitrogens with one attached hydrogen (secondary N) is 1. The fourth-order valence-electron chi connectivity index (χ4n) is 3.44. The van der Waals surface area contributed by atoms with Crippen LogP contribution in [0.1, 0.15) is 16.7 Å². The Morgan fingerprint density at radius 1 is 0.788 bits per heavy atom. The number of benzene rings is 2. The van der Waals surface area contributed by atoms with Crippen molar-refractivity contribution in [2.24, 2.45) is 0 Å². The Bertz CT molecular complexity index is 1280. The monoisotopic (exact) mass is 462 g/mol. The molecule has 0 fully saturated rings. The maximum atomic E-state index is 13.3. The fraction of sp³-hybridized carbons (Fsp3) is 0.174. The molecule has 0 spiro atoms. The van der Waals surface area contributed by atoms with Crippen LogP contribution >= 0.6 is 0 Å². The van der Waals surface area contributed by atoms with Crippen LogP contribution in [0.5, 0.6) is 0 Å². The quantitative estimate of drug-likeness (QED) is 0.350. The number of halogens is 6. The summed E-state index contributed by atoms with van der Waals surface area (Å²) < 4.78 is 78.7. The molecule has 0 radical (unpaired) electrons. The van der Waals surface area contributed by atoms with Crippen LogP contribution in [0.4, 0.5) is 32.2 Å². The lowest BCUT2D eigenvalue weighted by atomic mass is 10.0. The molecule has 0 saturated heterocycles. The highest BCUT2D eigenvalue weighted by molar-refractivity contribution is 5.91. The van der Waals surface area contributed by atoms with Gasteiger partial charge in [0.1, 0.15) is 12.1 Å². The number of rotatable bonds is 5. The van der Waals surface area contributed by atoms with Crippen molar-refractivity contribution in [1.29, 1.82) is 0 Å². The predicted octanol–water partition coefficient (Wildman–Crippen LogP) is 6.38. The maximum absolute atomic E-state index is 13.3. The molecule has 2 aromatic carbocycles. The molecular formula is C23H16F6N4. The van der Waals surface area contributed by atoms with E-state index in [-0.39, 0.29) is 11.3 Å². The molecular weight excluding hydrogens is 446 g/mol. The molecule has 2 aromatic heterocycles. The SMILES string of the molecule is FC(F)(F)c1cccc(CCNc2ncnc3cc(-c4ncccc4C(F)(F)F)ccc23)c1. The van der Waals surface area contributed by atoms with Crippen molar-refractivity contribution in [3.05, 3.63) is 83.8 Å². The first kappa shape index (κ1) is 22.5. The van der Waals surface area contributed by atoms with Crippen LogP contribution in [0.25, 0.3) is 22.2 Å². The van der Waals surface area contributed by atoms with Gasteiger partial charge in [0.05, 0.1) is 22.3 Å². The number of alkyl halides is 6. The second-order valence-electron chi connectivity index (χ2n) is 7.23. The van der Waals surface area contributed by atoms with Gasteiger partial charge in [-0.1, -0.05) is 24.3 Å². The molecule has 0 amide bonds. The van der Waals surface area contributed by atoms with E-state index in [9.17, 15) is 26.3 Å². The summed E-state index contributed by atoms with van der Waals surface area (Å²) in [6, 6.07) is 11.8. The molecule has 0 atom stereocenters. The minimum absolute atomic E-state index is 0.204. The van der Waals surface area contributed by atoms with Gasteiger partial charge in [0.2, 0.25) is 0 Å². The number of hydrogen-bond donors (Lipinski definition) is 1. The van der Waals surface area contributed by atoms with Gasteiger partial charge in [-0.2, -0.15) is 26.3 Å². The average molecular weight is 462 g/mol. The number of aromatic nitrogens is 3. The highest BCUT2D eigenvalue weighted by Gasteiger charge is 2.34. The Balaban J connectivity index is 1.56. The molecule has 4 aromatic rings. The van der Waals surface area contributed by atoms with Gasteiger partial charge >= 0.3 is 12.4 Å². The van der Waals surface area contributed by atoms with Gasteiger partial charge in [-0.15, -0.1) is 0 Å². The van der Waals surface area contributed by atoms with Crippen molar-refractivity contribution in [3.8, 4) is 11.3 Å². The summed E-state index contributed by atoms with van der Waals surface area (Å²) in [5.74, 6) is 0.426. The summed E-state index contributed by atoms with van der Waals surface area (Å²) in [5, 5.41) is 3.63. The Hall–Kier alpha value is -3.69. The van der Waals surface area contributed by atoms with Gasteiger partial charge in [0, 0.05) is 23.7 Å². The number of anilines is 1. The van der Waals surface area contributed by atoms with E-state index in [1.165, 1.54) is 36.8 Å². The third-order valence-corrected chi connectivity index (χ3v) is 4.98. The molecule has 2 heterocycles. The van der Waals surface area contributed by atoms with E-state index >= 15 is 0 Å². The maximum Gasteiger partial charge on any atom is 0.418 e. The third kappa shape index (κ3) is 5.05. The van der Waals surface area contributed by atoms with Gasteiger partial charge in [0.25, 0.3) is 0 Å². The van der Waals surface area contributed by atoms with E-state index in [1.54, 1.807) is 12.1 Å². The first-order chi connectivity index (χ1) is 15.6. The van der Waals surface area contributed by atoms with Crippen molar-refractivity contribution in [2.45, 2.75) is 18.8 Å². The Morgan fingerprint density at radius 2 is 1.61 bits per heavy atom. The lowest BCUT2D eigenvalue weighted by molar-refractivity contribution is -0.138. The molecule has 0 bridgehead atoms. The van der Waals surface area contributed by atoms with Gasteiger partial charge in [-0.25, -0.2) is 9.97 Å². The lowest BCUT2D eigenvalue weighted by Gasteiger charge is -2.13. The summed E-state index contributed by atoms with van der Waals surface area (Å²) in [4.78, 5) is 12.2. The number of nitrogens with zero attached hydrogens (tertiary/aromatic N) is 3. The smallest absolute Gasteiger partial charge is 0.369 e. The lowest BCUT2D eigenvalue weighted by Crippen LogP contribution is -2.09. The van der Waals surface area contributed by atoms with Gasteiger partial charge in [0.15, 0.2) is 0 Å². The van der Waals surface area contributed by atoms with Crippen LogP contribution in [0.15, 0.2) is 67.1 Å². The number of pyridine rings is 1. The Labute approximate surface area is 184 Å². The molecule has 0 aliphatic heterocycles. The fourth-order valence-corrected chi connectivity index (χ4v) is 3.44. The van der Waals surface area contributed by atoms with Crippen LogP contribution in [0.3, 0.4) is 0 Å². The number of fused-ring (bicyclic) bond motifs is 1. The molecule has 0 aliphatic rings. The van der Waals surface area contributed by atoms with Crippen LogP contribution in [0.2, 0.25) is 0 Å². The second kappa shape index (κ2) is 8.68. The summed E-state index contributed by atoms with van der Waals surface area (Å²) in [6.45, 7) is 0.299. The van der Waals surface area contributed by atoms with Gasteiger partial charge in [-0.05, 0) is 42.3 Å². The molecule has 0 saturated carbocycles. The molecule has 170 valence electrons. The Kier molecular flexibility index (Phi) is 5.92. The second-order valence-corrected chi connectivity index (χ2v) is 7.23. The highest BCUT2D eigenvalue weighted by atomic mass is 19.4. The van der Waals surface area contributed by atoms with E-state index in [4.69, 9.17) is 0 Å². The van der Waals surface area contributed by atoms with Crippen LogP contribution < -0.4 is 5.32 Å². The molecule has 33 heavy (non-hydrogen) atoms. The number of hydrogen-bond acceptors (Lipinski definition) is 4. The van der Waals surface area contributed by atoms with Crippen LogP contribution in [-0.2, 0) is 18.8 Å². The van der Waals surface area contributed by atoms with Crippen molar-refractivity contribution in [1.82, 2.24) is 15.0 Å². The summed E-state index contributed by atoms with van der Waals surface area (Å²) in [6.07, 6.45) is -6.10. The average Bonchev–Trinajstić information content (AvgIpc) is 2.78. The zero-order valence-corrected chi connectivity index (χ0v) is 16.9. The molecule has 4 rings (SSSR count). The van der Waals surface area contributed by atoms with Crippen molar-refractivity contribution in [2.75, 3.05) is 11.9 Å². The van der Waals surface area contributed by atoms with Gasteiger partial charge < -0.3 is 5.32 Å². The van der Waals surface area contributed by atoms with Gasteiger partial charge in [-0.3, -0.25) is 4.98 Å². The van der Waals surface area contributed by atoms with E-state index in [0.717, 1.165) is 18.2 Å². The normalized spacial score (nSPS) is 12.2. The molecule has 4 nitrogen and oxygen atoms in total. The topological polar surface area (TPSA) is 50.7 Å². The van der Waals surface area contributed by atoms with Crippen molar-refractivity contribution in [3.63, 3.8) is 0 Å².